The van der Waals surface area contributed by atoms with Crippen molar-refractivity contribution in [1.82, 2.24) is 4.90 Å². The SMILES string of the molecule is CN(C)C1C(=O)C(C(N)=O)C(=O)[C@@]2(O)C(=O)C3C(=O)c4c(O)c(CSC5CCCCC5)cc(I)c4C[C@H]3C[C@@H]12. The highest BCUT2D eigenvalue weighted by atomic mass is 127. The summed E-state index contributed by atoms with van der Waals surface area (Å²) in [6.07, 6.45) is 6.21. The summed E-state index contributed by atoms with van der Waals surface area (Å²) in [7, 11) is 3.14. The van der Waals surface area contributed by atoms with Gasteiger partial charge in [-0.1, -0.05) is 19.3 Å². The van der Waals surface area contributed by atoms with Crippen LogP contribution in [0.25, 0.3) is 0 Å². The molecular formula is C28H33IN2O7S. The van der Waals surface area contributed by atoms with Gasteiger partial charge in [-0.2, -0.15) is 11.8 Å². The van der Waals surface area contributed by atoms with Gasteiger partial charge in [0.15, 0.2) is 34.7 Å². The summed E-state index contributed by atoms with van der Waals surface area (Å²) in [5.74, 6) is -9.49. The number of halogens is 1. The monoisotopic (exact) mass is 668 g/mol. The second-order valence-electron chi connectivity index (χ2n) is 11.6. The molecule has 0 aromatic heterocycles. The minimum absolute atomic E-state index is 0.0556. The van der Waals surface area contributed by atoms with E-state index in [0.29, 0.717) is 22.1 Å². The first-order chi connectivity index (χ1) is 18.4. The van der Waals surface area contributed by atoms with Gasteiger partial charge in [0.25, 0.3) is 0 Å². The molecule has 0 bridgehead atoms. The van der Waals surface area contributed by atoms with E-state index in [-0.39, 0.29) is 24.2 Å². The lowest BCUT2D eigenvalue weighted by atomic mass is 9.52. The van der Waals surface area contributed by atoms with Crippen LogP contribution < -0.4 is 5.73 Å². The molecular weight excluding hydrogens is 635 g/mol. The van der Waals surface area contributed by atoms with E-state index in [1.165, 1.54) is 24.2 Å². The van der Waals surface area contributed by atoms with Crippen LogP contribution in [-0.4, -0.2) is 75.1 Å². The lowest BCUT2D eigenvalue weighted by Crippen LogP contribution is -2.74. The maximum atomic E-state index is 13.9. The average Bonchev–Trinajstić information content (AvgIpc) is 2.87. The zero-order chi connectivity index (χ0) is 28.4. The van der Waals surface area contributed by atoms with E-state index in [2.05, 4.69) is 22.6 Å². The molecule has 4 aliphatic rings. The third-order valence-electron chi connectivity index (χ3n) is 9.11. The molecule has 11 heteroatoms. The van der Waals surface area contributed by atoms with Crippen LogP contribution in [0.1, 0.15) is 60.0 Å². The normalized spacial score (nSPS) is 33.1. The highest BCUT2D eigenvalue weighted by Crippen LogP contribution is 2.51. The summed E-state index contributed by atoms with van der Waals surface area (Å²) in [5, 5.41) is 23.4. The molecule has 0 saturated heterocycles. The topological polar surface area (TPSA) is 155 Å². The number of phenolic OH excluding ortho intramolecular Hbond substituents is 1. The number of Topliss-reactive ketones (excluding diaryl/α,β-unsaturated/α-hetero) is 4. The molecule has 9 nitrogen and oxygen atoms in total. The molecule has 1 aromatic rings. The number of nitrogens with two attached hydrogens (primary N) is 1. The number of amides is 1. The van der Waals surface area contributed by atoms with Crippen molar-refractivity contribution in [2.24, 2.45) is 29.4 Å². The number of thioether (sulfide) groups is 1. The number of phenols is 1. The zero-order valence-corrected chi connectivity index (χ0v) is 24.9. The van der Waals surface area contributed by atoms with Gasteiger partial charge < -0.3 is 15.9 Å². The average molecular weight is 669 g/mol. The number of rotatable bonds is 5. The fraction of sp³-hybridized carbons (Fsp3) is 0.607. The number of benzene rings is 1. The van der Waals surface area contributed by atoms with Crippen molar-refractivity contribution >= 4 is 63.4 Å². The second-order valence-corrected chi connectivity index (χ2v) is 14.0. The zero-order valence-electron chi connectivity index (χ0n) is 21.9. The molecule has 4 aliphatic carbocycles. The van der Waals surface area contributed by atoms with Gasteiger partial charge in [0.05, 0.1) is 17.5 Å². The number of primary amides is 1. The largest absolute Gasteiger partial charge is 0.507 e. The molecule has 1 amide bonds. The number of carbonyl (C=O) groups excluding carboxylic acids is 5. The third kappa shape index (κ3) is 4.47. The summed E-state index contributed by atoms with van der Waals surface area (Å²) in [6, 6.07) is 0.797. The van der Waals surface area contributed by atoms with Crippen LogP contribution in [0.2, 0.25) is 0 Å². The number of aliphatic hydroxyl groups is 1. The number of hydrogen-bond acceptors (Lipinski definition) is 9. The molecule has 1 aromatic carbocycles. The first-order valence-corrected chi connectivity index (χ1v) is 15.5. The van der Waals surface area contributed by atoms with Gasteiger partial charge in [0, 0.05) is 26.1 Å². The first kappa shape index (κ1) is 28.7. The molecule has 39 heavy (non-hydrogen) atoms. The maximum absolute atomic E-state index is 13.9. The summed E-state index contributed by atoms with van der Waals surface area (Å²) in [6.45, 7) is 0. The van der Waals surface area contributed by atoms with E-state index >= 15 is 0 Å². The Morgan fingerprint density at radius 1 is 1.15 bits per heavy atom. The van der Waals surface area contributed by atoms with Crippen LogP contribution in [0.3, 0.4) is 0 Å². The van der Waals surface area contributed by atoms with Crippen molar-refractivity contribution in [3.05, 3.63) is 26.3 Å². The molecule has 3 saturated carbocycles. The van der Waals surface area contributed by atoms with E-state index in [1.54, 1.807) is 25.9 Å². The molecule has 4 N–H and O–H groups in total. The molecule has 5 rings (SSSR count). The Labute approximate surface area is 244 Å². The molecule has 0 heterocycles. The fourth-order valence-electron chi connectivity index (χ4n) is 7.23. The number of carbonyl (C=O) groups is 5. The second kappa shape index (κ2) is 10.5. The quantitative estimate of drug-likeness (QED) is 0.316. The fourth-order valence-corrected chi connectivity index (χ4v) is 9.40. The van der Waals surface area contributed by atoms with Crippen LogP contribution in [0.5, 0.6) is 5.75 Å². The lowest BCUT2D eigenvalue weighted by molar-refractivity contribution is -0.181. The van der Waals surface area contributed by atoms with Gasteiger partial charge in [0.1, 0.15) is 5.75 Å². The molecule has 0 aliphatic heterocycles. The number of nitrogens with zero attached hydrogens (tertiary/aromatic N) is 1. The van der Waals surface area contributed by atoms with Crippen molar-refractivity contribution in [2.75, 3.05) is 14.1 Å². The highest BCUT2D eigenvalue weighted by Gasteiger charge is 2.69. The van der Waals surface area contributed by atoms with Crippen molar-refractivity contribution < 1.29 is 34.2 Å². The van der Waals surface area contributed by atoms with E-state index in [9.17, 15) is 34.2 Å². The Balaban J connectivity index is 1.53. The van der Waals surface area contributed by atoms with Gasteiger partial charge in [-0.25, -0.2) is 0 Å². The maximum Gasteiger partial charge on any atom is 0.235 e. The van der Waals surface area contributed by atoms with Crippen molar-refractivity contribution in [1.29, 1.82) is 0 Å². The predicted octanol–water partition coefficient (Wildman–Crippen LogP) is 2.04. The minimum Gasteiger partial charge on any atom is -0.507 e. The molecule has 0 spiro atoms. The van der Waals surface area contributed by atoms with Gasteiger partial charge in [0.2, 0.25) is 5.91 Å². The predicted molar refractivity (Wildman–Crippen MR) is 152 cm³/mol. The Hall–Kier alpha value is -1.83. The molecule has 0 radical (unpaired) electrons. The van der Waals surface area contributed by atoms with Gasteiger partial charge in [-0.15, -0.1) is 0 Å². The Bertz CT molecular complexity index is 1280. The Morgan fingerprint density at radius 2 is 1.82 bits per heavy atom. The number of aromatic hydroxyl groups is 1. The lowest BCUT2D eigenvalue weighted by Gasteiger charge is -2.52. The van der Waals surface area contributed by atoms with Crippen molar-refractivity contribution in [2.45, 2.75) is 67.6 Å². The smallest absolute Gasteiger partial charge is 0.235 e. The summed E-state index contributed by atoms with van der Waals surface area (Å²) in [5.41, 5.74) is 4.02. The molecule has 210 valence electrons. The minimum atomic E-state index is -2.70. The van der Waals surface area contributed by atoms with Crippen LogP contribution in [0.4, 0.5) is 0 Å². The van der Waals surface area contributed by atoms with Crippen molar-refractivity contribution in [3.63, 3.8) is 0 Å². The number of hydrogen-bond donors (Lipinski definition) is 3. The Morgan fingerprint density at radius 3 is 2.44 bits per heavy atom. The van der Waals surface area contributed by atoms with Gasteiger partial charge >= 0.3 is 0 Å². The van der Waals surface area contributed by atoms with Crippen LogP contribution >= 0.6 is 34.4 Å². The number of likely N-dealkylation sites (N-methyl/N-ethyl adjacent to an activating group) is 1. The van der Waals surface area contributed by atoms with E-state index in [1.807, 2.05) is 6.07 Å². The molecule has 6 atom stereocenters. The summed E-state index contributed by atoms with van der Waals surface area (Å²) >= 11 is 3.92. The van der Waals surface area contributed by atoms with E-state index in [0.717, 1.165) is 16.4 Å². The first-order valence-electron chi connectivity index (χ1n) is 13.4. The third-order valence-corrected chi connectivity index (χ3v) is 11.5. The van der Waals surface area contributed by atoms with Gasteiger partial charge in [-0.3, -0.25) is 28.9 Å². The van der Waals surface area contributed by atoms with Gasteiger partial charge in [-0.05, 0) is 79.9 Å². The Kier molecular flexibility index (Phi) is 7.75. The van der Waals surface area contributed by atoms with E-state index in [4.69, 9.17) is 5.73 Å². The van der Waals surface area contributed by atoms with E-state index < -0.39 is 64.4 Å². The molecule has 3 unspecified atom stereocenters. The number of fused-ring (bicyclic) bond motifs is 3. The van der Waals surface area contributed by atoms with Crippen molar-refractivity contribution in [3.8, 4) is 5.75 Å². The molecule has 3 fully saturated rings. The van der Waals surface area contributed by atoms with Crippen LogP contribution in [0, 0.1) is 27.2 Å². The summed E-state index contributed by atoms with van der Waals surface area (Å²) < 4.78 is 0.813. The summed E-state index contributed by atoms with van der Waals surface area (Å²) in [4.78, 5) is 68.0. The highest BCUT2D eigenvalue weighted by molar-refractivity contribution is 14.1. The van der Waals surface area contributed by atoms with Crippen LogP contribution in [0.15, 0.2) is 6.07 Å². The standard InChI is InChI=1S/C28H33IN2O7S/c1-31(2)21-16-9-12-8-15-17(29)10-13(11-39-14-6-4-3-5-7-14)22(32)19(15)23(33)18(12)25(35)28(16,38)26(36)20(24(21)34)27(30)37/h10,12,14,16,18,20-21,32,38H,3-9,11H2,1-2H3,(H2,30,37)/t12-,16-,18?,20?,21?,28-/m0/s1. The van der Waals surface area contributed by atoms with Crippen LogP contribution in [-0.2, 0) is 31.4 Å². The number of ketones is 4.